The van der Waals surface area contributed by atoms with E-state index in [9.17, 15) is 25.2 Å². The highest BCUT2D eigenvalue weighted by atomic mass is 35.5. The molecule has 5 nitrogen and oxygen atoms in total. The van der Waals surface area contributed by atoms with Crippen molar-refractivity contribution in [1.29, 1.82) is 0 Å². The molecular formula is C14H10Cl2O5. The Morgan fingerprint density at radius 3 is 2.14 bits per heavy atom. The number of halogens is 2. The molecule has 0 saturated heterocycles. The quantitative estimate of drug-likeness (QED) is 0.500. The molecule has 4 N–H and O–H groups in total. The van der Waals surface area contributed by atoms with Crippen molar-refractivity contribution in [3.8, 4) is 23.0 Å². The average molecular weight is 329 g/mol. The number of hydrogen-bond donors (Lipinski definition) is 4. The lowest BCUT2D eigenvalue weighted by Gasteiger charge is -2.13. The molecule has 0 atom stereocenters. The molecule has 0 aliphatic carbocycles. The molecule has 21 heavy (non-hydrogen) atoms. The summed E-state index contributed by atoms with van der Waals surface area (Å²) in [6.07, 6.45) is 0. The van der Waals surface area contributed by atoms with Gasteiger partial charge in [-0.3, -0.25) is 4.79 Å². The summed E-state index contributed by atoms with van der Waals surface area (Å²) in [6.45, 7) is 1.42. The van der Waals surface area contributed by atoms with Crippen LogP contribution < -0.4 is 0 Å². The highest BCUT2D eigenvalue weighted by Gasteiger charge is 2.25. The number of benzene rings is 2. The minimum atomic E-state index is -0.668. The second-order valence-electron chi connectivity index (χ2n) is 4.36. The summed E-state index contributed by atoms with van der Waals surface area (Å²) in [5, 5.41) is 37.5. The van der Waals surface area contributed by atoms with E-state index in [0.717, 1.165) is 12.1 Å². The van der Waals surface area contributed by atoms with Crippen molar-refractivity contribution < 1.29 is 25.2 Å². The fraction of sp³-hybridized carbons (Fsp3) is 0.0714. The number of hydrogen-bond acceptors (Lipinski definition) is 5. The Morgan fingerprint density at radius 1 is 0.952 bits per heavy atom. The predicted octanol–water partition coefficient (Wildman–Crippen LogP) is 3.36. The van der Waals surface area contributed by atoms with Crippen molar-refractivity contribution in [2.24, 2.45) is 0 Å². The minimum absolute atomic E-state index is 0.0126. The van der Waals surface area contributed by atoms with Gasteiger partial charge in [-0.15, -0.1) is 0 Å². The Labute approximate surface area is 129 Å². The molecule has 2 rings (SSSR count). The first-order valence-electron chi connectivity index (χ1n) is 5.71. The zero-order valence-electron chi connectivity index (χ0n) is 10.7. The molecule has 2 aromatic carbocycles. The van der Waals surface area contributed by atoms with Crippen LogP contribution in [0.5, 0.6) is 23.0 Å². The van der Waals surface area contributed by atoms with Gasteiger partial charge in [0.25, 0.3) is 0 Å². The number of rotatable bonds is 2. The third-order valence-electron chi connectivity index (χ3n) is 3.02. The average Bonchev–Trinajstić information content (AvgIpc) is 2.46. The largest absolute Gasteiger partial charge is 0.504 e. The van der Waals surface area contributed by atoms with Crippen molar-refractivity contribution in [3.05, 3.63) is 44.9 Å². The maximum absolute atomic E-state index is 12.4. The molecule has 0 radical (unpaired) electrons. The van der Waals surface area contributed by atoms with E-state index in [1.807, 2.05) is 0 Å². The molecule has 110 valence electrons. The van der Waals surface area contributed by atoms with Crippen LogP contribution in [0.25, 0.3) is 0 Å². The van der Waals surface area contributed by atoms with Crippen LogP contribution in [0.15, 0.2) is 18.2 Å². The Balaban J connectivity index is 2.66. The van der Waals surface area contributed by atoms with E-state index < -0.39 is 23.0 Å². The van der Waals surface area contributed by atoms with Crippen molar-refractivity contribution in [1.82, 2.24) is 0 Å². The number of carbonyl (C=O) groups is 1. The van der Waals surface area contributed by atoms with Gasteiger partial charge in [-0.05, 0) is 25.1 Å². The van der Waals surface area contributed by atoms with Gasteiger partial charge >= 0.3 is 0 Å². The maximum Gasteiger partial charge on any atom is 0.196 e. The third-order valence-corrected chi connectivity index (χ3v) is 3.86. The Kier molecular flexibility index (Phi) is 3.89. The van der Waals surface area contributed by atoms with Gasteiger partial charge < -0.3 is 20.4 Å². The first-order valence-corrected chi connectivity index (χ1v) is 6.47. The van der Waals surface area contributed by atoms with Gasteiger partial charge in [0.1, 0.15) is 0 Å². The second kappa shape index (κ2) is 5.35. The van der Waals surface area contributed by atoms with E-state index in [2.05, 4.69) is 0 Å². The van der Waals surface area contributed by atoms with Crippen LogP contribution in [0.2, 0.25) is 10.0 Å². The molecule has 0 saturated carbocycles. The lowest BCUT2D eigenvalue weighted by Crippen LogP contribution is -2.04. The molecule has 0 aliphatic heterocycles. The van der Waals surface area contributed by atoms with E-state index >= 15 is 0 Å². The van der Waals surface area contributed by atoms with Crippen molar-refractivity contribution in [2.45, 2.75) is 6.92 Å². The number of phenolic OH excluding ortho intramolecular Hbond substituents is 4. The van der Waals surface area contributed by atoms with Crippen LogP contribution in [-0.4, -0.2) is 26.2 Å². The van der Waals surface area contributed by atoms with Gasteiger partial charge in [-0.1, -0.05) is 23.2 Å². The minimum Gasteiger partial charge on any atom is -0.504 e. The highest BCUT2D eigenvalue weighted by Crippen LogP contribution is 2.44. The Morgan fingerprint density at radius 2 is 1.57 bits per heavy atom. The van der Waals surface area contributed by atoms with Crippen molar-refractivity contribution in [3.63, 3.8) is 0 Å². The topological polar surface area (TPSA) is 98.0 Å². The summed E-state index contributed by atoms with van der Waals surface area (Å²) in [7, 11) is 0. The monoisotopic (exact) mass is 328 g/mol. The molecule has 7 heteroatoms. The Bertz CT molecular complexity index is 727. The van der Waals surface area contributed by atoms with E-state index in [-0.39, 0.29) is 32.5 Å². The summed E-state index contributed by atoms with van der Waals surface area (Å²) in [4.78, 5) is 12.4. The Hall–Kier alpha value is -2.11. The highest BCUT2D eigenvalue weighted by molar-refractivity contribution is 6.42. The van der Waals surface area contributed by atoms with Crippen LogP contribution in [0, 0.1) is 6.92 Å². The summed E-state index contributed by atoms with van der Waals surface area (Å²) in [5.41, 5.74) is -0.0836. The predicted molar refractivity (Wildman–Crippen MR) is 77.7 cm³/mol. The zero-order valence-corrected chi connectivity index (χ0v) is 12.2. The second-order valence-corrected chi connectivity index (χ2v) is 5.11. The van der Waals surface area contributed by atoms with Gasteiger partial charge in [-0.25, -0.2) is 0 Å². The van der Waals surface area contributed by atoms with Crippen LogP contribution in [-0.2, 0) is 0 Å². The first kappa shape index (κ1) is 15.3. The van der Waals surface area contributed by atoms with E-state index in [1.54, 1.807) is 0 Å². The lowest BCUT2D eigenvalue weighted by molar-refractivity contribution is 0.103. The third kappa shape index (κ3) is 2.46. The summed E-state index contributed by atoms with van der Waals surface area (Å²) in [6, 6.07) is 3.45. The number of aromatic hydroxyl groups is 4. The molecule has 0 bridgehead atoms. The van der Waals surface area contributed by atoms with Crippen molar-refractivity contribution in [2.75, 3.05) is 0 Å². The van der Waals surface area contributed by atoms with E-state index in [4.69, 9.17) is 23.2 Å². The van der Waals surface area contributed by atoms with Crippen molar-refractivity contribution >= 4 is 29.0 Å². The van der Waals surface area contributed by atoms with E-state index in [1.165, 1.54) is 13.0 Å². The van der Waals surface area contributed by atoms with Crippen LogP contribution >= 0.6 is 23.2 Å². The molecule has 0 fully saturated rings. The van der Waals surface area contributed by atoms with Gasteiger partial charge in [-0.2, -0.15) is 0 Å². The molecular weight excluding hydrogens is 319 g/mol. The molecule has 0 aromatic heterocycles. The summed E-state index contributed by atoms with van der Waals surface area (Å²) >= 11 is 11.9. The SMILES string of the molecule is Cc1c(O)c(O)c(Cl)c(C(=O)c2ccc(O)c(O)c2)c1Cl. The molecule has 0 unspecified atom stereocenters. The summed E-state index contributed by atoms with van der Waals surface area (Å²) < 4.78 is 0. The number of carbonyl (C=O) groups excluding carboxylic acids is 1. The molecule has 0 amide bonds. The van der Waals surface area contributed by atoms with Crippen LogP contribution in [0.1, 0.15) is 21.5 Å². The fourth-order valence-electron chi connectivity index (χ4n) is 1.80. The number of phenols is 4. The molecule has 0 aliphatic rings. The molecule has 0 heterocycles. The number of ketones is 1. The first-order chi connectivity index (χ1) is 9.75. The zero-order chi connectivity index (χ0) is 15.9. The van der Waals surface area contributed by atoms with Crippen LogP contribution in [0.3, 0.4) is 0 Å². The van der Waals surface area contributed by atoms with Gasteiger partial charge in [0.15, 0.2) is 28.8 Å². The lowest BCUT2D eigenvalue weighted by atomic mass is 10.00. The van der Waals surface area contributed by atoms with Gasteiger partial charge in [0, 0.05) is 11.1 Å². The smallest absolute Gasteiger partial charge is 0.196 e. The van der Waals surface area contributed by atoms with E-state index in [0.29, 0.717) is 0 Å². The normalized spacial score (nSPS) is 10.6. The summed E-state index contributed by atoms with van der Waals surface area (Å²) in [5.74, 6) is -2.68. The van der Waals surface area contributed by atoms with Gasteiger partial charge in [0.05, 0.1) is 15.6 Å². The molecule has 2 aromatic rings. The maximum atomic E-state index is 12.4. The standard InChI is InChI=1S/C14H10Cl2O5/c1-5-10(15)9(11(16)14(21)12(5)19)13(20)6-2-3-7(17)8(18)4-6/h2-4,17-19,21H,1H3. The van der Waals surface area contributed by atoms with Crippen LogP contribution in [0.4, 0.5) is 0 Å². The van der Waals surface area contributed by atoms with Gasteiger partial charge in [0.2, 0.25) is 0 Å². The fourth-order valence-corrected chi connectivity index (χ4v) is 2.38. The molecule has 0 spiro atoms.